The van der Waals surface area contributed by atoms with Gasteiger partial charge < -0.3 is 4.90 Å². The maximum atomic E-state index is 11.7. The lowest BCUT2D eigenvalue weighted by atomic mass is 9.89. The highest BCUT2D eigenvalue weighted by molar-refractivity contribution is 7.71. The summed E-state index contributed by atoms with van der Waals surface area (Å²) >= 11 is 5.08. The van der Waals surface area contributed by atoms with Crippen LogP contribution in [0, 0.1) is 9.93 Å². The van der Waals surface area contributed by atoms with Gasteiger partial charge in [0.05, 0.1) is 5.69 Å². The highest BCUT2D eigenvalue weighted by atomic mass is 32.1. The van der Waals surface area contributed by atoms with Crippen molar-refractivity contribution < 1.29 is 0 Å². The van der Waals surface area contributed by atoms with Crippen molar-refractivity contribution in [2.75, 3.05) is 19.0 Å². The van der Waals surface area contributed by atoms with E-state index in [1.807, 2.05) is 19.0 Å². The zero-order valence-corrected chi connectivity index (χ0v) is 13.1. The van der Waals surface area contributed by atoms with Crippen molar-refractivity contribution in [3.63, 3.8) is 0 Å². The highest BCUT2D eigenvalue weighted by Crippen LogP contribution is 2.25. The second kappa shape index (κ2) is 5.96. The molecule has 0 amide bonds. The molecule has 0 aliphatic carbocycles. The number of rotatable bonds is 6. The molecule has 0 aliphatic rings. The van der Waals surface area contributed by atoms with Crippen molar-refractivity contribution >= 4 is 17.9 Å². The molecule has 102 valence electrons. The van der Waals surface area contributed by atoms with Gasteiger partial charge in [-0.3, -0.25) is 4.79 Å². The van der Waals surface area contributed by atoms with Crippen molar-refractivity contribution in [1.29, 1.82) is 0 Å². The molecule has 0 aliphatic heterocycles. The van der Waals surface area contributed by atoms with E-state index in [0.29, 0.717) is 9.93 Å². The van der Waals surface area contributed by atoms with Crippen molar-refractivity contribution in [3.05, 3.63) is 20.3 Å². The van der Waals surface area contributed by atoms with Gasteiger partial charge in [-0.2, -0.15) is 0 Å². The van der Waals surface area contributed by atoms with Gasteiger partial charge in [-0.25, -0.2) is 0 Å². The molecule has 0 saturated carbocycles. The third-order valence-electron chi connectivity index (χ3n) is 3.28. The van der Waals surface area contributed by atoms with Crippen molar-refractivity contribution in [1.82, 2.24) is 0 Å². The third-order valence-corrected chi connectivity index (χ3v) is 3.66. The van der Waals surface area contributed by atoms with E-state index in [0.717, 1.165) is 24.1 Å². The molecule has 0 atom stereocenters. The Hall–Kier alpha value is -0.700. The zero-order valence-electron chi connectivity index (χ0n) is 12.3. The molecular weight excluding hydrogens is 242 g/mol. The van der Waals surface area contributed by atoms with E-state index in [2.05, 4.69) is 20.8 Å². The Morgan fingerprint density at radius 1 is 1.11 bits per heavy atom. The van der Waals surface area contributed by atoms with Gasteiger partial charge in [0.25, 0.3) is 0 Å². The van der Waals surface area contributed by atoms with Crippen LogP contribution in [0.3, 0.4) is 0 Å². The summed E-state index contributed by atoms with van der Waals surface area (Å²) in [5.74, 6) is 0. The van der Waals surface area contributed by atoms with E-state index in [1.54, 1.807) is 0 Å². The first-order valence-corrected chi connectivity index (χ1v) is 7.14. The minimum absolute atomic E-state index is 0.101. The fourth-order valence-corrected chi connectivity index (χ4v) is 2.69. The number of unbranched alkanes of at least 4 members (excludes halogenated alkanes) is 2. The first kappa shape index (κ1) is 15.4. The zero-order chi connectivity index (χ0) is 13.9. The summed E-state index contributed by atoms with van der Waals surface area (Å²) in [6.45, 7) is 6.81. The Labute approximate surface area is 116 Å². The molecule has 3 heteroatoms. The number of anilines is 1. The van der Waals surface area contributed by atoms with Crippen LogP contribution in [0.4, 0.5) is 5.69 Å². The van der Waals surface area contributed by atoms with Crippen LogP contribution in [0.2, 0.25) is 0 Å². The van der Waals surface area contributed by atoms with E-state index in [4.69, 9.17) is 12.2 Å². The molecular formula is C15H25NOS. The van der Waals surface area contributed by atoms with Crippen LogP contribution in [0.5, 0.6) is 0 Å². The average Bonchev–Trinajstić information content (AvgIpc) is 2.24. The molecule has 0 fully saturated rings. The number of hydrogen-bond donors (Lipinski definition) is 0. The molecule has 1 aromatic rings. The molecule has 0 radical (unpaired) electrons. The maximum Gasteiger partial charge on any atom is 0.204 e. The molecule has 1 aromatic carbocycles. The molecule has 0 heterocycles. The molecule has 1 rings (SSSR count). The quantitative estimate of drug-likeness (QED) is 0.576. The monoisotopic (exact) mass is 267 g/mol. The van der Waals surface area contributed by atoms with Gasteiger partial charge in [0.1, 0.15) is 4.51 Å². The summed E-state index contributed by atoms with van der Waals surface area (Å²) in [5, 5.41) is 0. The number of nitrogens with zero attached hydrogens (tertiary/aromatic N) is 1. The van der Waals surface area contributed by atoms with Gasteiger partial charge in [0.2, 0.25) is 5.43 Å². The molecule has 0 aromatic heterocycles. The maximum absolute atomic E-state index is 11.7. The third kappa shape index (κ3) is 3.91. The summed E-state index contributed by atoms with van der Waals surface area (Å²) in [5.41, 5.74) is 2.46. The first-order chi connectivity index (χ1) is 8.24. The van der Waals surface area contributed by atoms with Gasteiger partial charge >= 0.3 is 0 Å². The van der Waals surface area contributed by atoms with Crippen molar-refractivity contribution in [3.8, 4) is 0 Å². The van der Waals surface area contributed by atoms with Crippen LogP contribution >= 0.6 is 12.2 Å². The van der Waals surface area contributed by atoms with Gasteiger partial charge in [-0.1, -0.05) is 45.8 Å². The van der Waals surface area contributed by atoms with Gasteiger partial charge in [0.15, 0.2) is 0 Å². The van der Waals surface area contributed by atoms with Gasteiger partial charge in [0, 0.05) is 19.7 Å². The van der Waals surface area contributed by atoms with Crippen LogP contribution in [0.15, 0.2) is 4.79 Å². The molecule has 2 nitrogen and oxygen atoms in total. The van der Waals surface area contributed by atoms with E-state index >= 15 is 0 Å². The lowest BCUT2D eigenvalue weighted by molar-refractivity contribution is 0.358. The molecule has 0 saturated heterocycles. The predicted octanol–water partition coefficient (Wildman–Crippen LogP) is 3.87. The largest absolute Gasteiger partial charge is 0.376 e. The fourth-order valence-electron chi connectivity index (χ4n) is 2.27. The van der Waals surface area contributed by atoms with E-state index in [9.17, 15) is 4.79 Å². The Morgan fingerprint density at radius 2 is 1.72 bits per heavy atom. The molecule has 0 bridgehead atoms. The molecule has 0 unspecified atom stereocenters. The van der Waals surface area contributed by atoms with Crippen LogP contribution in [0.1, 0.15) is 52.0 Å². The lowest BCUT2D eigenvalue weighted by Crippen LogP contribution is -2.25. The topological polar surface area (TPSA) is 20.3 Å². The summed E-state index contributed by atoms with van der Waals surface area (Å²) < 4.78 is 0.518. The highest BCUT2D eigenvalue weighted by Gasteiger charge is 2.18. The summed E-state index contributed by atoms with van der Waals surface area (Å²) in [6.07, 6.45) is 5.67. The summed E-state index contributed by atoms with van der Waals surface area (Å²) in [6, 6.07) is 0. The second-order valence-corrected chi connectivity index (χ2v) is 6.91. The van der Waals surface area contributed by atoms with Crippen molar-refractivity contribution in [2.45, 2.75) is 52.9 Å². The minimum atomic E-state index is 0.101. The van der Waals surface area contributed by atoms with Crippen LogP contribution in [-0.4, -0.2) is 14.1 Å². The standard InChI is InChI=1S/C15H25NOS/c1-15(2,3)10-8-6-7-9-11-12(16(4)5)14(18)13(11)17/h6-10H2,1-5H3. The summed E-state index contributed by atoms with van der Waals surface area (Å²) in [4.78, 5) is 13.6. The van der Waals surface area contributed by atoms with Crippen molar-refractivity contribution in [2.24, 2.45) is 5.41 Å². The normalized spacial score (nSPS) is 12.1. The SMILES string of the molecule is CN(C)c1c(CCCCCC(C)(C)C)c(=O)c1=S. The Bertz CT molecular complexity index is 461. The first-order valence-electron chi connectivity index (χ1n) is 6.73. The molecule has 0 spiro atoms. The van der Waals surface area contributed by atoms with Crippen LogP contribution in [-0.2, 0) is 6.42 Å². The predicted molar refractivity (Wildman–Crippen MR) is 81.9 cm³/mol. The lowest BCUT2D eigenvalue weighted by Gasteiger charge is -2.20. The number of hydrogen-bond acceptors (Lipinski definition) is 3. The van der Waals surface area contributed by atoms with Crippen LogP contribution < -0.4 is 10.3 Å². The van der Waals surface area contributed by atoms with E-state index < -0.39 is 0 Å². The van der Waals surface area contributed by atoms with Gasteiger partial charge in [-0.05, 0) is 24.7 Å². The van der Waals surface area contributed by atoms with E-state index in [1.165, 1.54) is 19.3 Å². The molecule has 18 heavy (non-hydrogen) atoms. The average molecular weight is 267 g/mol. The Kier molecular flexibility index (Phi) is 5.09. The second-order valence-electron chi connectivity index (χ2n) is 6.50. The Balaban J connectivity index is 2.39. The molecule has 0 N–H and O–H groups in total. The van der Waals surface area contributed by atoms with E-state index in [-0.39, 0.29) is 5.43 Å². The smallest absolute Gasteiger partial charge is 0.204 e. The summed E-state index contributed by atoms with van der Waals surface area (Å²) in [7, 11) is 3.90. The fraction of sp³-hybridized carbons (Fsp3) is 0.733. The van der Waals surface area contributed by atoms with Crippen LogP contribution in [0.25, 0.3) is 0 Å². The Morgan fingerprint density at radius 3 is 2.22 bits per heavy atom. The van der Waals surface area contributed by atoms with Gasteiger partial charge in [-0.15, -0.1) is 0 Å². The minimum Gasteiger partial charge on any atom is -0.376 e.